The summed E-state index contributed by atoms with van der Waals surface area (Å²) >= 11 is 0.929. The first kappa shape index (κ1) is 45.6. The van der Waals surface area contributed by atoms with E-state index in [1.54, 1.807) is 6.26 Å². The highest BCUT2D eigenvalue weighted by Crippen LogP contribution is 2.30. The molecule has 0 unspecified atom stereocenters. The lowest BCUT2D eigenvalue weighted by Crippen LogP contribution is -2.50. The lowest BCUT2D eigenvalue weighted by atomic mass is 10.0. The first-order valence-corrected chi connectivity index (χ1v) is 20.0. The Labute approximate surface area is 302 Å². The minimum atomic E-state index is -4.96. The molecule has 4 rings (SSSR count). The third kappa shape index (κ3) is 14.6. The molecule has 2 N–H and O–H groups in total. The van der Waals surface area contributed by atoms with Crippen LogP contribution in [0.4, 0.5) is 9.59 Å². The zero-order valence-corrected chi connectivity index (χ0v) is 31.8. The van der Waals surface area contributed by atoms with Gasteiger partial charge in [0.2, 0.25) is 10.4 Å². The summed E-state index contributed by atoms with van der Waals surface area (Å²) in [5, 5.41) is 38.4. The van der Waals surface area contributed by atoms with E-state index in [1.165, 1.54) is 91.8 Å². The van der Waals surface area contributed by atoms with E-state index < -0.39 is 34.5 Å². The van der Waals surface area contributed by atoms with Gasteiger partial charge in [0.1, 0.15) is 12.1 Å². The number of fused-ring (bicyclic) bond motifs is 4. The van der Waals surface area contributed by atoms with Crippen LogP contribution in [0.15, 0.2) is 0 Å². The first-order chi connectivity index (χ1) is 23.8. The summed E-state index contributed by atoms with van der Waals surface area (Å²) < 4.78 is 40.5. The fourth-order valence-electron chi connectivity index (χ4n) is 6.42. The van der Waals surface area contributed by atoms with Crippen molar-refractivity contribution in [3.05, 3.63) is 0 Å². The largest absolute Gasteiger partial charge is 0.724 e. The monoisotopic (exact) mass is 751 g/mol. The van der Waals surface area contributed by atoms with Gasteiger partial charge in [-0.1, -0.05) is 58.4 Å². The van der Waals surface area contributed by atoms with Gasteiger partial charge in [-0.3, -0.25) is 5.21 Å². The van der Waals surface area contributed by atoms with Crippen LogP contribution in [-0.2, 0) is 24.1 Å². The molecule has 50 heavy (non-hydrogen) atoms. The Balaban J connectivity index is 0.000000354. The summed E-state index contributed by atoms with van der Waals surface area (Å²) in [5.74, 6) is 0. The molecule has 19 heteroatoms. The van der Waals surface area contributed by atoms with Crippen molar-refractivity contribution < 1.29 is 51.2 Å². The molecule has 288 valence electrons. The van der Waals surface area contributed by atoms with Crippen LogP contribution in [0.1, 0.15) is 105 Å². The van der Waals surface area contributed by atoms with E-state index in [9.17, 15) is 27.8 Å². The molecule has 0 saturated carbocycles. The smallest absolute Gasteiger partial charge is 0.346 e. The summed E-state index contributed by atoms with van der Waals surface area (Å²) in [6, 6.07) is 1.34. The highest BCUT2D eigenvalue weighted by molar-refractivity contribution is 7.93. The lowest BCUT2D eigenvalue weighted by Gasteiger charge is -2.39. The zero-order valence-electron chi connectivity index (χ0n) is 30.1. The number of nitrogens with zero attached hydrogens (tertiary/aromatic N) is 7. The average Bonchev–Trinajstić information content (AvgIpc) is 3.48. The first-order valence-electron chi connectivity index (χ1n) is 17.5. The Kier molecular flexibility index (Phi) is 21.8. The summed E-state index contributed by atoms with van der Waals surface area (Å²) in [6.45, 7) is 15.7. The Morgan fingerprint density at radius 1 is 0.820 bits per heavy atom. The molecule has 4 aliphatic rings. The molecule has 0 radical (unpaired) electrons. The van der Waals surface area contributed by atoms with Crippen LogP contribution in [0.5, 0.6) is 0 Å². The summed E-state index contributed by atoms with van der Waals surface area (Å²) in [5.41, 5.74) is 0. The third-order valence-corrected chi connectivity index (χ3v) is 9.72. The normalized spacial score (nSPS) is 22.4. The molecule has 4 saturated heterocycles. The molecule has 0 aromatic heterocycles. The number of hydrogen-bond acceptors (Lipinski definition) is 13. The lowest BCUT2D eigenvalue weighted by molar-refractivity contribution is -0.929. The second kappa shape index (κ2) is 23.9. The van der Waals surface area contributed by atoms with Crippen LogP contribution < -0.4 is 0 Å². The van der Waals surface area contributed by atoms with Gasteiger partial charge in [-0.2, -0.15) is 19.9 Å². The van der Waals surface area contributed by atoms with Gasteiger partial charge < -0.3 is 18.8 Å². The predicted octanol–water partition coefficient (Wildman–Crippen LogP) is 5.03. The maximum Gasteiger partial charge on any atom is 0.346 e. The van der Waals surface area contributed by atoms with Gasteiger partial charge in [0, 0.05) is 31.4 Å². The molecule has 0 spiro atoms. The van der Waals surface area contributed by atoms with Crippen molar-refractivity contribution in [2.45, 2.75) is 129 Å². The molecule has 4 bridgehead atoms. The van der Waals surface area contributed by atoms with Gasteiger partial charge in [-0.15, -0.1) is 4.33 Å². The highest BCUT2D eigenvalue weighted by Gasteiger charge is 2.47. The summed E-state index contributed by atoms with van der Waals surface area (Å²) in [4.78, 5) is 25.4. The number of hydroxylamine groups is 4. The average molecular weight is 752 g/mol. The van der Waals surface area contributed by atoms with Crippen molar-refractivity contribution in [2.75, 3.05) is 45.5 Å². The summed E-state index contributed by atoms with van der Waals surface area (Å²) in [6.07, 6.45) is 15.0. The SMILES string of the molecule is CCCC[N+](CCCC)(CCCC)CCCC.CSOOO.N#C[C@@H]1CC[C@@H]2CN1C(=O)N2O.N#C[C@@H]1CC[C@@H]2CN1C(=O)N2OS(=O)(=O)[O-]. The number of piperidine rings is 2. The van der Waals surface area contributed by atoms with Crippen molar-refractivity contribution in [3.8, 4) is 12.1 Å². The van der Waals surface area contributed by atoms with E-state index in [0.29, 0.717) is 30.9 Å². The van der Waals surface area contributed by atoms with E-state index in [4.69, 9.17) is 15.8 Å². The Bertz CT molecular complexity index is 1160. The van der Waals surface area contributed by atoms with E-state index in [0.717, 1.165) is 23.5 Å². The second-order valence-corrected chi connectivity index (χ2v) is 14.2. The van der Waals surface area contributed by atoms with Crippen molar-refractivity contribution in [3.63, 3.8) is 0 Å². The van der Waals surface area contributed by atoms with E-state index in [2.05, 4.69) is 41.4 Å². The molecule has 4 amide bonds. The van der Waals surface area contributed by atoms with Crippen LogP contribution in [-0.4, -0.2) is 130 Å². The van der Waals surface area contributed by atoms with E-state index >= 15 is 0 Å². The number of carbonyl (C=O) groups excluding carboxylic acids is 2. The van der Waals surface area contributed by atoms with Crippen molar-refractivity contribution in [2.24, 2.45) is 0 Å². The molecular formula is C31H57N7O10S2. The third-order valence-electron chi connectivity index (χ3n) is 9.18. The number of quaternary nitrogens is 1. The van der Waals surface area contributed by atoms with Crippen LogP contribution in [0.2, 0.25) is 0 Å². The number of hydrogen-bond donors (Lipinski definition) is 2. The Morgan fingerprint density at radius 2 is 1.24 bits per heavy atom. The molecule has 0 aromatic carbocycles. The Morgan fingerprint density at radius 3 is 1.60 bits per heavy atom. The highest BCUT2D eigenvalue weighted by atomic mass is 32.3. The van der Waals surface area contributed by atoms with Crippen LogP contribution >= 0.6 is 12.0 Å². The van der Waals surface area contributed by atoms with Crippen LogP contribution in [0, 0.1) is 22.7 Å². The van der Waals surface area contributed by atoms with Crippen molar-refractivity contribution >= 4 is 34.5 Å². The quantitative estimate of drug-likeness (QED) is 0.0403. The zero-order chi connectivity index (χ0) is 37.7. The molecule has 4 aliphatic heterocycles. The maximum atomic E-state index is 11.6. The maximum absolute atomic E-state index is 11.6. The van der Waals surface area contributed by atoms with Gasteiger partial charge in [0.15, 0.2) is 0 Å². The molecule has 4 atom stereocenters. The number of urea groups is 2. The number of unbranched alkanes of at least 4 members (excludes halogenated alkanes) is 4. The molecule has 0 aromatic rings. The summed E-state index contributed by atoms with van der Waals surface area (Å²) in [7, 11) is -4.96. The topological polar surface area (TPSA) is 220 Å². The Hall–Kier alpha value is -2.46. The fraction of sp³-hybridized carbons (Fsp3) is 0.871. The number of carbonyl (C=O) groups is 2. The standard InChI is InChI=1S/C16H36N.C7H9N3O5S.C7H9N3O2.CH4O3S/c1-5-9-13-17(14-10-6-2,15-11-7-3)16-12-8-4;8-3-5-1-2-6-4-9(5)7(11)10(6)15-16(12,13)14;8-3-5-1-2-6-4-9(5)7(11)10(6)12;1-5-4-3-2/h5-16H2,1-4H3;5-6H,1-2,4H2,(H,12,13,14);5-6,12H,1-2,4H2;2H,1H3/q+1;;;/p-1/t;2*5-,6+;/m.00./s1. The minimum Gasteiger partial charge on any atom is -0.724 e. The van der Waals surface area contributed by atoms with Crippen molar-refractivity contribution in [1.82, 2.24) is 19.9 Å². The number of amides is 4. The minimum absolute atomic E-state index is 0.0953. The van der Waals surface area contributed by atoms with Gasteiger partial charge in [0.25, 0.3) is 0 Å². The van der Waals surface area contributed by atoms with Gasteiger partial charge >= 0.3 is 12.1 Å². The van der Waals surface area contributed by atoms with E-state index in [-0.39, 0.29) is 18.6 Å². The van der Waals surface area contributed by atoms with Gasteiger partial charge in [-0.05, 0) is 51.4 Å². The number of rotatable bonds is 16. The fourth-order valence-corrected chi connectivity index (χ4v) is 6.87. The van der Waals surface area contributed by atoms with Crippen LogP contribution in [0.25, 0.3) is 0 Å². The molecular weight excluding hydrogens is 695 g/mol. The molecule has 17 nitrogen and oxygen atoms in total. The van der Waals surface area contributed by atoms with Gasteiger partial charge in [0.05, 0.1) is 50.4 Å². The number of nitriles is 2. The van der Waals surface area contributed by atoms with E-state index in [1.807, 2.05) is 12.1 Å². The molecule has 4 fully saturated rings. The molecule has 0 aliphatic carbocycles. The van der Waals surface area contributed by atoms with Crippen LogP contribution in [0.3, 0.4) is 0 Å². The van der Waals surface area contributed by atoms with Gasteiger partial charge in [-0.25, -0.2) is 28.3 Å². The van der Waals surface area contributed by atoms with Crippen molar-refractivity contribution in [1.29, 1.82) is 10.5 Å². The predicted molar refractivity (Wildman–Crippen MR) is 183 cm³/mol. The molecule has 4 heterocycles. The second-order valence-electron chi connectivity index (χ2n) is 12.7.